The molecular formula is C6H12Br2O2. The van der Waals surface area contributed by atoms with E-state index >= 15 is 0 Å². The Hall–Kier alpha value is 0.880. The second kappa shape index (κ2) is 5.52. The van der Waals surface area contributed by atoms with Crippen molar-refractivity contribution in [3.63, 3.8) is 0 Å². The summed E-state index contributed by atoms with van der Waals surface area (Å²) in [7, 11) is 0. The van der Waals surface area contributed by atoms with Crippen LogP contribution in [0.5, 0.6) is 0 Å². The summed E-state index contributed by atoms with van der Waals surface area (Å²) >= 11 is 6.52. The molecule has 0 aromatic rings. The van der Waals surface area contributed by atoms with Gasteiger partial charge in [0.25, 0.3) is 0 Å². The lowest BCUT2D eigenvalue weighted by Gasteiger charge is -2.11. The molecule has 10 heavy (non-hydrogen) atoms. The molecule has 0 aliphatic rings. The van der Waals surface area contributed by atoms with Gasteiger partial charge in [-0.05, 0) is 12.8 Å². The van der Waals surface area contributed by atoms with Crippen molar-refractivity contribution in [3.05, 3.63) is 0 Å². The molecule has 0 spiro atoms. The quantitative estimate of drug-likeness (QED) is 0.605. The molecule has 2 N–H and O–H groups in total. The van der Waals surface area contributed by atoms with Crippen LogP contribution in [0.15, 0.2) is 0 Å². The first-order chi connectivity index (χ1) is 4.54. The van der Waals surface area contributed by atoms with Gasteiger partial charge in [0.15, 0.2) is 6.29 Å². The smallest absolute Gasteiger partial charge is 0.164 e. The molecule has 2 nitrogen and oxygen atoms in total. The van der Waals surface area contributed by atoms with E-state index in [0.717, 1.165) is 12.8 Å². The number of halogens is 2. The Kier molecular flexibility index (Phi) is 6.01. The molecule has 0 bridgehead atoms. The van der Waals surface area contributed by atoms with Gasteiger partial charge in [-0.3, -0.25) is 0 Å². The Morgan fingerprint density at radius 1 is 1.20 bits per heavy atom. The topological polar surface area (TPSA) is 40.5 Å². The van der Waals surface area contributed by atoms with E-state index in [2.05, 4.69) is 31.9 Å². The summed E-state index contributed by atoms with van der Waals surface area (Å²) in [4.78, 5) is 0.235. The highest BCUT2D eigenvalue weighted by atomic mass is 79.9. The molecule has 0 heterocycles. The molecule has 0 fully saturated rings. The lowest BCUT2D eigenvalue weighted by atomic mass is 10.2. The highest BCUT2D eigenvalue weighted by Crippen LogP contribution is 2.15. The van der Waals surface area contributed by atoms with Crippen molar-refractivity contribution in [3.8, 4) is 0 Å². The average molecular weight is 276 g/mol. The van der Waals surface area contributed by atoms with Gasteiger partial charge in [0.05, 0.1) is 4.83 Å². The summed E-state index contributed by atoms with van der Waals surface area (Å²) in [6.45, 7) is 2.03. The minimum absolute atomic E-state index is 0.201. The molecule has 0 aliphatic carbocycles. The first-order valence-corrected chi connectivity index (χ1v) is 5.01. The number of hydrogen-bond acceptors (Lipinski definition) is 2. The fourth-order valence-electron chi connectivity index (χ4n) is 0.538. The van der Waals surface area contributed by atoms with Crippen LogP contribution in [0.2, 0.25) is 0 Å². The van der Waals surface area contributed by atoms with Crippen LogP contribution in [0.3, 0.4) is 0 Å². The van der Waals surface area contributed by atoms with Crippen LogP contribution in [-0.2, 0) is 0 Å². The molecule has 0 aliphatic heterocycles. The average Bonchev–Trinajstić information content (AvgIpc) is 1.82. The van der Waals surface area contributed by atoms with Crippen molar-refractivity contribution in [1.82, 2.24) is 0 Å². The summed E-state index contributed by atoms with van der Waals surface area (Å²) < 4.78 is 0. The zero-order valence-corrected chi connectivity index (χ0v) is 8.97. The predicted molar refractivity (Wildman–Crippen MR) is 48.6 cm³/mol. The van der Waals surface area contributed by atoms with Crippen LogP contribution in [-0.4, -0.2) is 26.2 Å². The lowest BCUT2D eigenvalue weighted by Crippen LogP contribution is -2.19. The van der Waals surface area contributed by atoms with Crippen LogP contribution < -0.4 is 0 Å². The number of aliphatic hydroxyl groups is 2. The van der Waals surface area contributed by atoms with E-state index in [1.54, 1.807) is 0 Å². The maximum Gasteiger partial charge on any atom is 0.164 e. The van der Waals surface area contributed by atoms with Gasteiger partial charge in [0.2, 0.25) is 0 Å². The Morgan fingerprint density at radius 2 is 1.70 bits per heavy atom. The van der Waals surface area contributed by atoms with Crippen molar-refractivity contribution in [2.75, 3.05) is 0 Å². The molecule has 62 valence electrons. The normalized spacial score (nSPS) is 17.4. The number of alkyl halides is 2. The third-order valence-corrected chi connectivity index (χ3v) is 2.55. The summed E-state index contributed by atoms with van der Waals surface area (Å²) in [6, 6.07) is 0. The highest BCUT2D eigenvalue weighted by Gasteiger charge is 2.12. The summed E-state index contributed by atoms with van der Waals surface area (Å²) in [5, 5.41) is 17.3. The number of aliphatic hydroxyl groups excluding tert-OH is 1. The molecule has 0 rings (SSSR count). The third-order valence-electron chi connectivity index (χ3n) is 1.16. The van der Waals surface area contributed by atoms with Crippen molar-refractivity contribution in [1.29, 1.82) is 0 Å². The van der Waals surface area contributed by atoms with E-state index < -0.39 is 6.29 Å². The van der Waals surface area contributed by atoms with Gasteiger partial charge in [-0.15, -0.1) is 0 Å². The van der Waals surface area contributed by atoms with E-state index in [1.165, 1.54) is 0 Å². The number of rotatable bonds is 4. The van der Waals surface area contributed by atoms with Crippen molar-refractivity contribution in [2.24, 2.45) is 0 Å². The second-order valence-corrected chi connectivity index (χ2v) is 5.03. The van der Waals surface area contributed by atoms with Crippen LogP contribution >= 0.6 is 31.9 Å². The zero-order valence-electron chi connectivity index (χ0n) is 5.80. The number of hydrogen-bond donors (Lipinski definition) is 2. The van der Waals surface area contributed by atoms with Crippen LogP contribution in [0.4, 0.5) is 0 Å². The minimum Gasteiger partial charge on any atom is -0.367 e. The SMILES string of the molecule is CC(Br)CCC(Br)C(O)O. The standard InChI is InChI=1S/C6H12Br2O2/c1-4(7)2-3-5(8)6(9)10/h4-6,9-10H,2-3H2,1H3. The maximum absolute atomic E-state index is 8.63. The first-order valence-electron chi connectivity index (χ1n) is 3.18. The lowest BCUT2D eigenvalue weighted by molar-refractivity contribution is -0.0399. The molecule has 0 saturated carbocycles. The zero-order chi connectivity index (χ0) is 8.15. The Bertz CT molecular complexity index is 85.8. The summed E-state index contributed by atoms with van der Waals surface area (Å²) in [5.74, 6) is 0. The fourth-order valence-corrected chi connectivity index (χ4v) is 1.07. The van der Waals surface area contributed by atoms with Gasteiger partial charge < -0.3 is 10.2 Å². The molecule has 0 aromatic heterocycles. The van der Waals surface area contributed by atoms with E-state index in [-0.39, 0.29) is 4.83 Å². The first kappa shape index (κ1) is 10.9. The van der Waals surface area contributed by atoms with E-state index in [0.29, 0.717) is 4.83 Å². The predicted octanol–water partition coefficient (Wildman–Crippen LogP) is 1.62. The van der Waals surface area contributed by atoms with Crippen LogP contribution in [0.25, 0.3) is 0 Å². The van der Waals surface area contributed by atoms with Gasteiger partial charge >= 0.3 is 0 Å². The van der Waals surface area contributed by atoms with Crippen molar-refractivity contribution in [2.45, 2.75) is 35.7 Å². The van der Waals surface area contributed by atoms with Gasteiger partial charge in [-0.1, -0.05) is 38.8 Å². The van der Waals surface area contributed by atoms with E-state index in [1.807, 2.05) is 6.92 Å². The van der Waals surface area contributed by atoms with Gasteiger partial charge in [-0.25, -0.2) is 0 Å². The monoisotopic (exact) mass is 274 g/mol. The van der Waals surface area contributed by atoms with E-state index in [9.17, 15) is 0 Å². The van der Waals surface area contributed by atoms with E-state index in [4.69, 9.17) is 10.2 Å². The van der Waals surface area contributed by atoms with Crippen LogP contribution in [0, 0.1) is 0 Å². The fraction of sp³-hybridized carbons (Fsp3) is 1.00. The summed E-state index contributed by atoms with van der Waals surface area (Å²) in [6.07, 6.45) is 0.462. The Labute approximate surface area is 77.9 Å². The molecule has 4 heteroatoms. The second-order valence-electron chi connectivity index (χ2n) is 2.29. The molecule has 0 saturated heterocycles. The molecule has 0 radical (unpaired) electrons. The van der Waals surface area contributed by atoms with Gasteiger partial charge in [0.1, 0.15) is 0 Å². The minimum atomic E-state index is -1.24. The third kappa shape index (κ3) is 5.65. The van der Waals surface area contributed by atoms with Crippen LogP contribution in [0.1, 0.15) is 19.8 Å². The molecule has 0 aromatic carbocycles. The molecular weight excluding hydrogens is 264 g/mol. The molecule has 2 atom stereocenters. The Balaban J connectivity index is 3.30. The van der Waals surface area contributed by atoms with Gasteiger partial charge in [-0.2, -0.15) is 0 Å². The highest BCUT2D eigenvalue weighted by molar-refractivity contribution is 9.09. The largest absolute Gasteiger partial charge is 0.367 e. The molecule has 2 unspecified atom stereocenters. The van der Waals surface area contributed by atoms with Crippen molar-refractivity contribution >= 4 is 31.9 Å². The van der Waals surface area contributed by atoms with Crippen molar-refractivity contribution < 1.29 is 10.2 Å². The maximum atomic E-state index is 8.63. The Morgan fingerprint density at radius 3 is 2.00 bits per heavy atom. The van der Waals surface area contributed by atoms with Gasteiger partial charge in [0, 0.05) is 4.83 Å². The molecule has 0 amide bonds. The summed E-state index contributed by atoms with van der Waals surface area (Å²) in [5.41, 5.74) is 0.